The third-order valence-electron chi connectivity index (χ3n) is 4.45. The topological polar surface area (TPSA) is 36.6 Å². The van der Waals surface area contributed by atoms with Crippen molar-refractivity contribution in [2.45, 2.75) is 32.7 Å². The average molecular weight is 273 g/mol. The van der Waals surface area contributed by atoms with Crippen LogP contribution in [-0.4, -0.2) is 29.7 Å². The largest absolute Gasteiger partial charge is 0.461 e. The highest BCUT2D eigenvalue weighted by molar-refractivity contribution is 5.82. The van der Waals surface area contributed by atoms with Gasteiger partial charge in [-0.25, -0.2) is 0 Å². The number of aryl methyl sites for hydroxylation is 1. The third kappa shape index (κ3) is 2.60. The fourth-order valence-electron chi connectivity index (χ4n) is 3.16. The second kappa shape index (κ2) is 5.98. The van der Waals surface area contributed by atoms with Gasteiger partial charge < -0.3 is 9.52 Å². The Bertz CT molecular complexity index is 567. The SMILES string of the molecule is CCc1oc2ccccc2c1CN1CCC(CO)CC1. The Morgan fingerprint density at radius 2 is 2.00 bits per heavy atom. The molecule has 2 heterocycles. The first kappa shape index (κ1) is 13.7. The number of hydrogen-bond acceptors (Lipinski definition) is 3. The van der Waals surface area contributed by atoms with Gasteiger partial charge in [-0.2, -0.15) is 0 Å². The highest BCUT2D eigenvalue weighted by Gasteiger charge is 2.21. The molecule has 0 amide bonds. The van der Waals surface area contributed by atoms with Crippen LogP contribution in [0.2, 0.25) is 0 Å². The number of para-hydroxylation sites is 1. The Kier molecular flexibility index (Phi) is 4.08. The summed E-state index contributed by atoms with van der Waals surface area (Å²) in [6.07, 6.45) is 3.15. The van der Waals surface area contributed by atoms with Crippen LogP contribution < -0.4 is 0 Å². The molecule has 108 valence electrons. The smallest absolute Gasteiger partial charge is 0.134 e. The van der Waals surface area contributed by atoms with Gasteiger partial charge in [-0.1, -0.05) is 25.1 Å². The number of fused-ring (bicyclic) bond motifs is 1. The number of rotatable bonds is 4. The van der Waals surface area contributed by atoms with Crippen LogP contribution in [0.5, 0.6) is 0 Å². The van der Waals surface area contributed by atoms with Gasteiger partial charge in [0.25, 0.3) is 0 Å². The van der Waals surface area contributed by atoms with E-state index in [4.69, 9.17) is 4.42 Å². The minimum atomic E-state index is 0.336. The first-order valence-corrected chi connectivity index (χ1v) is 7.64. The van der Waals surface area contributed by atoms with E-state index in [1.54, 1.807) is 0 Å². The van der Waals surface area contributed by atoms with E-state index >= 15 is 0 Å². The van der Waals surface area contributed by atoms with Crippen molar-refractivity contribution in [3.05, 3.63) is 35.6 Å². The van der Waals surface area contributed by atoms with Gasteiger partial charge in [-0.3, -0.25) is 4.90 Å². The molecule has 3 nitrogen and oxygen atoms in total. The van der Waals surface area contributed by atoms with Crippen LogP contribution in [-0.2, 0) is 13.0 Å². The number of hydrogen-bond donors (Lipinski definition) is 1. The normalized spacial score (nSPS) is 17.9. The molecule has 3 heteroatoms. The second-order valence-electron chi connectivity index (χ2n) is 5.76. The maximum Gasteiger partial charge on any atom is 0.134 e. The maximum atomic E-state index is 9.22. The number of aliphatic hydroxyl groups is 1. The van der Waals surface area contributed by atoms with Gasteiger partial charge in [0.1, 0.15) is 11.3 Å². The van der Waals surface area contributed by atoms with Crippen LogP contribution in [0.4, 0.5) is 0 Å². The maximum absolute atomic E-state index is 9.22. The van der Waals surface area contributed by atoms with Crippen molar-refractivity contribution in [3.63, 3.8) is 0 Å². The van der Waals surface area contributed by atoms with Crippen molar-refractivity contribution in [1.29, 1.82) is 0 Å². The van der Waals surface area contributed by atoms with Gasteiger partial charge in [0, 0.05) is 30.5 Å². The molecule has 1 aliphatic rings. The van der Waals surface area contributed by atoms with Crippen LogP contribution in [0.3, 0.4) is 0 Å². The molecule has 1 saturated heterocycles. The summed E-state index contributed by atoms with van der Waals surface area (Å²) in [6.45, 7) is 5.61. The van der Waals surface area contributed by atoms with Crippen LogP contribution in [0.1, 0.15) is 31.1 Å². The molecule has 0 aliphatic carbocycles. The zero-order valence-corrected chi connectivity index (χ0v) is 12.1. The van der Waals surface area contributed by atoms with E-state index in [-0.39, 0.29) is 0 Å². The van der Waals surface area contributed by atoms with E-state index in [9.17, 15) is 5.11 Å². The van der Waals surface area contributed by atoms with E-state index < -0.39 is 0 Å². The van der Waals surface area contributed by atoms with E-state index in [2.05, 4.69) is 30.0 Å². The van der Waals surface area contributed by atoms with Crippen LogP contribution >= 0.6 is 0 Å². The first-order valence-electron chi connectivity index (χ1n) is 7.64. The minimum Gasteiger partial charge on any atom is -0.461 e. The van der Waals surface area contributed by atoms with Crippen LogP contribution in [0, 0.1) is 5.92 Å². The molecule has 3 rings (SSSR count). The molecule has 1 aliphatic heterocycles. The van der Waals surface area contributed by atoms with Crippen LogP contribution in [0.25, 0.3) is 11.0 Å². The monoisotopic (exact) mass is 273 g/mol. The highest BCUT2D eigenvalue weighted by Crippen LogP contribution is 2.28. The third-order valence-corrected chi connectivity index (χ3v) is 4.45. The molecular weight excluding hydrogens is 250 g/mol. The Morgan fingerprint density at radius 3 is 2.70 bits per heavy atom. The molecule has 0 atom stereocenters. The standard InChI is InChI=1S/C17H23NO2/c1-2-16-15(14-5-3-4-6-17(14)20-16)11-18-9-7-13(12-19)8-10-18/h3-6,13,19H,2,7-12H2,1H3. The van der Waals surface area contributed by atoms with E-state index in [0.29, 0.717) is 12.5 Å². The zero-order valence-electron chi connectivity index (χ0n) is 12.1. The Balaban J connectivity index is 1.80. The van der Waals surface area contributed by atoms with E-state index in [1.807, 2.05) is 6.07 Å². The highest BCUT2D eigenvalue weighted by atomic mass is 16.3. The Labute approximate surface area is 120 Å². The lowest BCUT2D eigenvalue weighted by molar-refractivity contribution is 0.127. The number of nitrogens with zero attached hydrogens (tertiary/aromatic N) is 1. The molecule has 1 aromatic carbocycles. The fourth-order valence-corrected chi connectivity index (χ4v) is 3.16. The number of likely N-dealkylation sites (tertiary alicyclic amines) is 1. The fraction of sp³-hybridized carbons (Fsp3) is 0.529. The van der Waals surface area contributed by atoms with Crippen LogP contribution in [0.15, 0.2) is 28.7 Å². The number of furan rings is 1. The number of aliphatic hydroxyl groups excluding tert-OH is 1. The molecule has 0 unspecified atom stereocenters. The van der Waals surface area contributed by atoms with Crippen molar-refractivity contribution >= 4 is 11.0 Å². The summed E-state index contributed by atoms with van der Waals surface area (Å²) in [7, 11) is 0. The van der Waals surface area contributed by atoms with Gasteiger partial charge >= 0.3 is 0 Å². The lowest BCUT2D eigenvalue weighted by Gasteiger charge is -2.31. The van der Waals surface area contributed by atoms with E-state index in [1.165, 1.54) is 10.9 Å². The summed E-state index contributed by atoms with van der Waals surface area (Å²) < 4.78 is 5.97. The van der Waals surface area contributed by atoms with Gasteiger partial charge in [-0.05, 0) is 37.9 Å². The first-order chi connectivity index (χ1) is 9.81. The Hall–Kier alpha value is -1.32. The predicted molar refractivity (Wildman–Crippen MR) is 80.7 cm³/mol. The van der Waals surface area contributed by atoms with E-state index in [0.717, 1.165) is 50.2 Å². The molecular formula is C17H23NO2. The summed E-state index contributed by atoms with van der Waals surface area (Å²) in [6, 6.07) is 8.32. The lowest BCUT2D eigenvalue weighted by atomic mass is 9.97. The summed E-state index contributed by atoms with van der Waals surface area (Å²) in [5.74, 6) is 1.62. The molecule has 0 saturated carbocycles. The molecule has 0 bridgehead atoms. The van der Waals surface area contributed by atoms with Crippen molar-refractivity contribution in [2.75, 3.05) is 19.7 Å². The predicted octanol–water partition coefficient (Wildman–Crippen LogP) is 3.20. The molecule has 0 spiro atoms. The molecule has 1 N–H and O–H groups in total. The molecule has 1 fully saturated rings. The average Bonchev–Trinajstić information content (AvgIpc) is 2.86. The van der Waals surface area contributed by atoms with Gasteiger partial charge in [-0.15, -0.1) is 0 Å². The van der Waals surface area contributed by atoms with Crippen molar-refractivity contribution in [3.8, 4) is 0 Å². The zero-order chi connectivity index (χ0) is 13.9. The molecule has 20 heavy (non-hydrogen) atoms. The second-order valence-corrected chi connectivity index (χ2v) is 5.76. The quantitative estimate of drug-likeness (QED) is 0.929. The molecule has 2 aromatic rings. The minimum absolute atomic E-state index is 0.336. The van der Waals surface area contributed by atoms with Crippen molar-refractivity contribution in [2.24, 2.45) is 5.92 Å². The van der Waals surface area contributed by atoms with Crippen molar-refractivity contribution < 1.29 is 9.52 Å². The summed E-state index contributed by atoms with van der Waals surface area (Å²) >= 11 is 0. The van der Waals surface area contributed by atoms with Gasteiger partial charge in [0.2, 0.25) is 0 Å². The summed E-state index contributed by atoms with van der Waals surface area (Å²) in [4.78, 5) is 2.49. The number of benzene rings is 1. The molecule has 0 radical (unpaired) electrons. The summed E-state index contributed by atoms with van der Waals surface area (Å²) in [5, 5.41) is 10.5. The summed E-state index contributed by atoms with van der Waals surface area (Å²) in [5.41, 5.74) is 2.36. The Morgan fingerprint density at radius 1 is 1.25 bits per heavy atom. The van der Waals surface area contributed by atoms with Gasteiger partial charge in [0.15, 0.2) is 0 Å². The lowest BCUT2D eigenvalue weighted by Crippen LogP contribution is -2.34. The van der Waals surface area contributed by atoms with Crippen molar-refractivity contribution in [1.82, 2.24) is 4.90 Å². The van der Waals surface area contributed by atoms with Gasteiger partial charge in [0.05, 0.1) is 0 Å². The molecule has 1 aromatic heterocycles. The number of piperidine rings is 1.